The summed E-state index contributed by atoms with van der Waals surface area (Å²) in [7, 11) is 0. The van der Waals surface area contributed by atoms with Crippen molar-refractivity contribution < 1.29 is 19.4 Å². The monoisotopic (exact) mass is 172 g/mol. The molecule has 0 radical (unpaired) electrons. The van der Waals surface area contributed by atoms with Gasteiger partial charge in [-0.05, 0) is 6.42 Å². The van der Waals surface area contributed by atoms with E-state index in [1.165, 1.54) is 6.08 Å². The van der Waals surface area contributed by atoms with Crippen LogP contribution < -0.4 is 0 Å². The fourth-order valence-electron chi connectivity index (χ4n) is 0.985. The molecule has 1 atom stereocenters. The molecule has 68 valence electrons. The number of aliphatic carboxylic acids is 1. The van der Waals surface area contributed by atoms with E-state index in [1.54, 1.807) is 0 Å². The zero-order valence-electron chi connectivity index (χ0n) is 6.73. The summed E-state index contributed by atoms with van der Waals surface area (Å²) in [6.07, 6.45) is 3.61. The van der Waals surface area contributed by atoms with Crippen molar-refractivity contribution in [2.24, 2.45) is 0 Å². The lowest BCUT2D eigenvalue weighted by molar-refractivity contribution is -0.131. The maximum atomic E-state index is 10.0. The van der Waals surface area contributed by atoms with Crippen LogP contribution in [0.25, 0.3) is 0 Å². The molecule has 1 heterocycles. The summed E-state index contributed by atoms with van der Waals surface area (Å²) < 4.78 is 10.3. The minimum absolute atomic E-state index is 0.142. The Balaban J connectivity index is 2.05. The molecule has 1 unspecified atom stereocenters. The molecule has 1 aliphatic rings. The van der Waals surface area contributed by atoms with Crippen molar-refractivity contribution in [1.29, 1.82) is 0 Å². The Kier molecular flexibility index (Phi) is 3.76. The molecule has 1 aliphatic heterocycles. The molecule has 0 bridgehead atoms. The van der Waals surface area contributed by atoms with Gasteiger partial charge in [0.15, 0.2) is 0 Å². The Morgan fingerprint density at radius 3 is 3.17 bits per heavy atom. The van der Waals surface area contributed by atoms with Crippen LogP contribution in [-0.4, -0.2) is 37.0 Å². The molecule has 0 amide bonds. The molecule has 0 aliphatic carbocycles. The molecule has 0 aromatic carbocycles. The van der Waals surface area contributed by atoms with Crippen LogP contribution in [0.4, 0.5) is 0 Å². The van der Waals surface area contributed by atoms with E-state index in [-0.39, 0.29) is 6.10 Å². The van der Waals surface area contributed by atoms with Crippen molar-refractivity contribution in [1.82, 2.24) is 0 Å². The summed E-state index contributed by atoms with van der Waals surface area (Å²) in [6, 6.07) is 0. The molecule has 1 rings (SSSR count). The largest absolute Gasteiger partial charge is 0.478 e. The van der Waals surface area contributed by atoms with Crippen LogP contribution in [0.15, 0.2) is 12.2 Å². The van der Waals surface area contributed by atoms with Gasteiger partial charge in [0.25, 0.3) is 0 Å². The molecule has 1 N–H and O–H groups in total. The van der Waals surface area contributed by atoms with Crippen LogP contribution in [0.5, 0.6) is 0 Å². The summed E-state index contributed by atoms with van der Waals surface area (Å²) in [5.74, 6) is -0.943. The smallest absolute Gasteiger partial charge is 0.328 e. The van der Waals surface area contributed by atoms with E-state index >= 15 is 0 Å². The maximum absolute atomic E-state index is 10.0. The predicted octanol–water partition coefficient (Wildman–Crippen LogP) is 0.433. The molecule has 4 nitrogen and oxygen atoms in total. The van der Waals surface area contributed by atoms with Crippen molar-refractivity contribution in [3.8, 4) is 0 Å². The van der Waals surface area contributed by atoms with E-state index < -0.39 is 5.97 Å². The molecule has 0 aromatic heterocycles. The maximum Gasteiger partial charge on any atom is 0.328 e. The first-order valence-corrected chi connectivity index (χ1v) is 3.88. The summed E-state index contributed by atoms with van der Waals surface area (Å²) in [4.78, 5) is 10.0. The Hall–Kier alpha value is -0.870. The lowest BCUT2D eigenvalue weighted by atomic mass is 10.3. The number of hydrogen-bond donors (Lipinski definition) is 1. The van der Waals surface area contributed by atoms with Gasteiger partial charge in [0.1, 0.15) is 0 Å². The van der Waals surface area contributed by atoms with E-state index in [1.807, 2.05) is 0 Å². The minimum atomic E-state index is -0.943. The number of carboxylic acids is 1. The standard InChI is InChI=1S/C8H12O4/c9-8(10)2-1-4-12-7-3-5-11-6-7/h1-2,7H,3-6H2,(H,9,10)/b2-1+. The average molecular weight is 172 g/mol. The van der Waals surface area contributed by atoms with Crippen LogP contribution in [0.3, 0.4) is 0 Å². The van der Waals surface area contributed by atoms with Crippen LogP contribution in [0.1, 0.15) is 6.42 Å². The van der Waals surface area contributed by atoms with Crippen LogP contribution in [-0.2, 0) is 14.3 Å². The first-order valence-electron chi connectivity index (χ1n) is 3.88. The van der Waals surface area contributed by atoms with E-state index in [2.05, 4.69) is 0 Å². The molecule has 1 saturated heterocycles. The topological polar surface area (TPSA) is 55.8 Å². The molecule has 4 heteroatoms. The zero-order valence-corrected chi connectivity index (χ0v) is 6.73. The highest BCUT2D eigenvalue weighted by atomic mass is 16.5. The first-order chi connectivity index (χ1) is 5.79. The summed E-state index contributed by atoms with van der Waals surface area (Å²) in [5, 5.41) is 8.24. The van der Waals surface area contributed by atoms with Gasteiger partial charge in [0.05, 0.1) is 19.3 Å². The second-order valence-electron chi connectivity index (χ2n) is 2.56. The van der Waals surface area contributed by atoms with E-state index in [0.717, 1.165) is 19.1 Å². The van der Waals surface area contributed by atoms with E-state index in [9.17, 15) is 4.79 Å². The predicted molar refractivity (Wildman–Crippen MR) is 42.0 cm³/mol. The second-order valence-corrected chi connectivity index (χ2v) is 2.56. The lowest BCUT2D eigenvalue weighted by Crippen LogP contribution is -2.12. The van der Waals surface area contributed by atoms with Crippen LogP contribution in [0.2, 0.25) is 0 Å². The van der Waals surface area contributed by atoms with Crippen LogP contribution >= 0.6 is 0 Å². The average Bonchev–Trinajstić information content (AvgIpc) is 2.49. The van der Waals surface area contributed by atoms with Crippen molar-refractivity contribution in [2.75, 3.05) is 19.8 Å². The summed E-state index contributed by atoms with van der Waals surface area (Å²) in [5.41, 5.74) is 0. The Morgan fingerprint density at radius 1 is 1.75 bits per heavy atom. The van der Waals surface area contributed by atoms with Gasteiger partial charge < -0.3 is 14.6 Å². The van der Waals surface area contributed by atoms with Gasteiger partial charge in [-0.3, -0.25) is 0 Å². The fraction of sp³-hybridized carbons (Fsp3) is 0.625. The Bertz CT molecular complexity index is 170. The fourth-order valence-corrected chi connectivity index (χ4v) is 0.985. The second kappa shape index (κ2) is 4.90. The summed E-state index contributed by atoms with van der Waals surface area (Å²) in [6.45, 7) is 1.72. The third kappa shape index (κ3) is 3.50. The first kappa shape index (κ1) is 9.22. The molecule has 1 fully saturated rings. The quantitative estimate of drug-likeness (QED) is 0.625. The highest BCUT2D eigenvalue weighted by Gasteiger charge is 2.14. The molecular weight excluding hydrogens is 160 g/mol. The highest BCUT2D eigenvalue weighted by molar-refractivity contribution is 5.79. The minimum Gasteiger partial charge on any atom is -0.478 e. The third-order valence-electron chi connectivity index (χ3n) is 1.58. The van der Waals surface area contributed by atoms with Gasteiger partial charge in [0.2, 0.25) is 0 Å². The number of hydrogen-bond acceptors (Lipinski definition) is 3. The van der Waals surface area contributed by atoms with Crippen molar-refractivity contribution in [3.63, 3.8) is 0 Å². The van der Waals surface area contributed by atoms with Gasteiger partial charge in [0, 0.05) is 12.7 Å². The number of rotatable bonds is 4. The van der Waals surface area contributed by atoms with Gasteiger partial charge in [-0.15, -0.1) is 0 Å². The highest BCUT2D eigenvalue weighted by Crippen LogP contribution is 2.07. The molecule has 0 aromatic rings. The van der Waals surface area contributed by atoms with Crippen molar-refractivity contribution >= 4 is 5.97 Å². The van der Waals surface area contributed by atoms with Crippen LogP contribution in [0, 0.1) is 0 Å². The van der Waals surface area contributed by atoms with Gasteiger partial charge in [-0.25, -0.2) is 4.79 Å². The normalized spacial score (nSPS) is 23.5. The zero-order chi connectivity index (χ0) is 8.81. The molecule has 0 saturated carbocycles. The Morgan fingerprint density at radius 2 is 2.58 bits per heavy atom. The summed E-state index contributed by atoms with van der Waals surface area (Å²) >= 11 is 0. The molecule has 12 heavy (non-hydrogen) atoms. The molecule has 0 spiro atoms. The lowest BCUT2D eigenvalue weighted by Gasteiger charge is -2.05. The third-order valence-corrected chi connectivity index (χ3v) is 1.58. The number of carboxylic acid groups (broad SMARTS) is 1. The van der Waals surface area contributed by atoms with Crippen molar-refractivity contribution in [3.05, 3.63) is 12.2 Å². The number of ether oxygens (including phenoxy) is 2. The number of carbonyl (C=O) groups is 1. The van der Waals surface area contributed by atoms with Crippen molar-refractivity contribution in [2.45, 2.75) is 12.5 Å². The van der Waals surface area contributed by atoms with E-state index in [4.69, 9.17) is 14.6 Å². The molecular formula is C8H12O4. The van der Waals surface area contributed by atoms with Gasteiger partial charge >= 0.3 is 5.97 Å². The van der Waals surface area contributed by atoms with E-state index in [0.29, 0.717) is 13.2 Å². The van der Waals surface area contributed by atoms with Gasteiger partial charge in [-0.1, -0.05) is 6.08 Å². The van der Waals surface area contributed by atoms with Gasteiger partial charge in [-0.2, -0.15) is 0 Å². The Labute approximate surface area is 70.8 Å². The SMILES string of the molecule is O=C(O)/C=C/COC1CCOC1.